The fourth-order valence-corrected chi connectivity index (χ4v) is 2.77. The van der Waals surface area contributed by atoms with E-state index in [0.29, 0.717) is 24.0 Å². The van der Waals surface area contributed by atoms with Gasteiger partial charge in [0, 0.05) is 18.4 Å². The van der Waals surface area contributed by atoms with Crippen molar-refractivity contribution in [3.05, 3.63) is 41.9 Å². The van der Waals surface area contributed by atoms with Crippen molar-refractivity contribution in [2.75, 3.05) is 4.72 Å². The number of nitrogens with one attached hydrogen (secondary N) is 2. The predicted octanol–water partition coefficient (Wildman–Crippen LogP) is 2.28. The van der Waals surface area contributed by atoms with Crippen LogP contribution in [0.4, 0.5) is 5.69 Å². The van der Waals surface area contributed by atoms with Gasteiger partial charge in [-0.1, -0.05) is 13.8 Å². The van der Waals surface area contributed by atoms with E-state index in [2.05, 4.69) is 15.0 Å². The van der Waals surface area contributed by atoms with Gasteiger partial charge in [-0.15, -0.1) is 0 Å². The summed E-state index contributed by atoms with van der Waals surface area (Å²) in [5, 5.41) is 3.07. The van der Waals surface area contributed by atoms with E-state index in [4.69, 9.17) is 4.42 Å². The molecule has 0 bridgehead atoms. The molecule has 21 heavy (non-hydrogen) atoms. The molecule has 2 N–H and O–H groups in total. The van der Waals surface area contributed by atoms with Crippen molar-refractivity contribution in [2.45, 2.75) is 38.5 Å². The highest BCUT2D eigenvalue weighted by molar-refractivity contribution is 7.92. The van der Waals surface area contributed by atoms with E-state index in [0.717, 1.165) is 5.56 Å². The molecule has 0 atom stereocenters. The quantitative estimate of drug-likeness (QED) is 0.855. The zero-order chi connectivity index (χ0) is 15.5. The van der Waals surface area contributed by atoms with Gasteiger partial charge >= 0.3 is 0 Å². The molecule has 0 unspecified atom stereocenters. The Bertz CT molecular complexity index is 708. The van der Waals surface area contributed by atoms with Gasteiger partial charge in [-0.05, 0) is 30.7 Å². The molecule has 0 aliphatic heterocycles. The van der Waals surface area contributed by atoms with Crippen LogP contribution >= 0.6 is 0 Å². The Labute approximate surface area is 124 Å². The number of rotatable bonds is 6. The van der Waals surface area contributed by atoms with Crippen LogP contribution in [0.3, 0.4) is 0 Å². The van der Waals surface area contributed by atoms with Crippen LogP contribution in [-0.4, -0.2) is 19.4 Å². The van der Waals surface area contributed by atoms with Gasteiger partial charge in [0.05, 0.1) is 12.2 Å². The van der Waals surface area contributed by atoms with E-state index in [-0.39, 0.29) is 5.09 Å². The third-order valence-corrected chi connectivity index (χ3v) is 4.09. The molecule has 0 saturated heterocycles. The number of hydrogen-bond acceptors (Lipinski definition) is 5. The van der Waals surface area contributed by atoms with Crippen LogP contribution < -0.4 is 10.0 Å². The fraction of sp³-hybridized carbons (Fsp3) is 0.357. The van der Waals surface area contributed by atoms with Gasteiger partial charge in [0.1, 0.15) is 5.76 Å². The lowest BCUT2D eigenvalue weighted by molar-refractivity contribution is 0.396. The molecule has 0 spiro atoms. The maximum Gasteiger partial charge on any atom is 0.295 e. The van der Waals surface area contributed by atoms with Gasteiger partial charge in [0.15, 0.2) is 0 Å². The summed E-state index contributed by atoms with van der Waals surface area (Å²) in [7, 11) is -3.73. The third kappa shape index (κ3) is 4.05. The van der Waals surface area contributed by atoms with Crippen LogP contribution in [0, 0.1) is 6.92 Å². The van der Waals surface area contributed by atoms with Crippen LogP contribution in [0.5, 0.6) is 0 Å². The molecule has 2 rings (SSSR count). The average Bonchev–Trinajstić information content (AvgIpc) is 2.88. The molecule has 0 aromatic carbocycles. The molecule has 2 aromatic heterocycles. The highest BCUT2D eigenvalue weighted by Gasteiger charge is 2.19. The highest BCUT2D eigenvalue weighted by Crippen LogP contribution is 2.20. The maximum absolute atomic E-state index is 12.3. The zero-order valence-corrected chi connectivity index (χ0v) is 13.1. The molecule has 2 heterocycles. The van der Waals surface area contributed by atoms with Crippen LogP contribution in [0.15, 0.2) is 40.1 Å². The molecule has 6 nitrogen and oxygen atoms in total. The topological polar surface area (TPSA) is 84.2 Å². The summed E-state index contributed by atoms with van der Waals surface area (Å²) < 4.78 is 32.4. The van der Waals surface area contributed by atoms with E-state index >= 15 is 0 Å². The SMILES string of the molecule is Cc1cnccc1NS(=O)(=O)c1ccc(CNC(C)C)o1. The molecule has 114 valence electrons. The fourth-order valence-electron chi connectivity index (χ4n) is 1.69. The predicted molar refractivity (Wildman–Crippen MR) is 80.5 cm³/mol. The van der Waals surface area contributed by atoms with Crippen molar-refractivity contribution in [2.24, 2.45) is 0 Å². The first kappa shape index (κ1) is 15.5. The number of furan rings is 1. The van der Waals surface area contributed by atoms with Gasteiger partial charge in [-0.2, -0.15) is 8.42 Å². The lowest BCUT2D eigenvalue weighted by Gasteiger charge is -2.08. The molecule has 0 saturated carbocycles. The Morgan fingerprint density at radius 1 is 1.29 bits per heavy atom. The maximum atomic E-state index is 12.3. The van der Waals surface area contributed by atoms with Crippen molar-refractivity contribution in [3.8, 4) is 0 Å². The number of aryl methyl sites for hydroxylation is 1. The smallest absolute Gasteiger partial charge is 0.295 e. The average molecular weight is 309 g/mol. The summed E-state index contributed by atoms with van der Waals surface area (Å²) in [4.78, 5) is 3.93. The Morgan fingerprint density at radius 2 is 2.05 bits per heavy atom. The first-order valence-corrected chi connectivity index (χ1v) is 8.12. The van der Waals surface area contributed by atoms with Gasteiger partial charge in [0.2, 0.25) is 5.09 Å². The van der Waals surface area contributed by atoms with Gasteiger partial charge < -0.3 is 9.73 Å². The number of sulfonamides is 1. The largest absolute Gasteiger partial charge is 0.446 e. The van der Waals surface area contributed by atoms with Gasteiger partial charge in [0.25, 0.3) is 10.0 Å². The summed E-state index contributed by atoms with van der Waals surface area (Å²) >= 11 is 0. The Morgan fingerprint density at radius 3 is 2.71 bits per heavy atom. The molecule has 0 amide bonds. The van der Waals surface area contributed by atoms with Crippen LogP contribution in [0.1, 0.15) is 25.2 Å². The van der Waals surface area contributed by atoms with Crippen molar-refractivity contribution >= 4 is 15.7 Å². The highest BCUT2D eigenvalue weighted by atomic mass is 32.2. The Balaban J connectivity index is 2.15. The third-order valence-electron chi connectivity index (χ3n) is 2.85. The second kappa shape index (κ2) is 6.28. The summed E-state index contributed by atoms with van der Waals surface area (Å²) in [5.74, 6) is 0.579. The number of anilines is 1. The number of aromatic nitrogens is 1. The van der Waals surface area contributed by atoms with E-state index in [9.17, 15) is 8.42 Å². The summed E-state index contributed by atoms with van der Waals surface area (Å²) in [5.41, 5.74) is 1.23. The monoisotopic (exact) mass is 309 g/mol. The van der Waals surface area contributed by atoms with Crippen LogP contribution in [0.2, 0.25) is 0 Å². The van der Waals surface area contributed by atoms with E-state index in [1.165, 1.54) is 12.3 Å². The first-order chi connectivity index (χ1) is 9.88. The second-order valence-corrected chi connectivity index (χ2v) is 6.67. The minimum atomic E-state index is -3.73. The standard InChI is InChI=1S/C14H19N3O3S/c1-10(2)16-9-12-4-5-14(20-12)21(18,19)17-13-6-7-15-8-11(13)3/h4-8,10,16H,9H2,1-3H3,(H,15,17). The number of hydrogen-bond donors (Lipinski definition) is 2. The molecule has 7 heteroatoms. The Hall–Kier alpha value is -1.86. The minimum absolute atomic E-state index is 0.0979. The molecule has 0 radical (unpaired) electrons. The summed E-state index contributed by atoms with van der Waals surface area (Å²) in [6.07, 6.45) is 3.13. The number of nitrogens with zero attached hydrogens (tertiary/aromatic N) is 1. The lowest BCUT2D eigenvalue weighted by Crippen LogP contribution is -2.21. The number of pyridine rings is 1. The summed E-state index contributed by atoms with van der Waals surface area (Å²) in [6, 6.07) is 5.02. The van der Waals surface area contributed by atoms with Crippen LogP contribution in [-0.2, 0) is 16.6 Å². The molecular weight excluding hydrogens is 290 g/mol. The zero-order valence-electron chi connectivity index (χ0n) is 12.3. The first-order valence-electron chi connectivity index (χ1n) is 6.64. The normalized spacial score (nSPS) is 11.8. The van der Waals surface area contributed by atoms with E-state index in [1.807, 2.05) is 13.8 Å². The second-order valence-electron chi connectivity index (χ2n) is 5.05. The van der Waals surface area contributed by atoms with E-state index < -0.39 is 10.0 Å². The van der Waals surface area contributed by atoms with Crippen molar-refractivity contribution in [1.82, 2.24) is 10.3 Å². The Kier molecular flexibility index (Phi) is 4.64. The molecular formula is C14H19N3O3S. The van der Waals surface area contributed by atoms with Crippen molar-refractivity contribution < 1.29 is 12.8 Å². The van der Waals surface area contributed by atoms with Crippen LogP contribution in [0.25, 0.3) is 0 Å². The van der Waals surface area contributed by atoms with Gasteiger partial charge in [-0.3, -0.25) is 9.71 Å². The summed E-state index contributed by atoms with van der Waals surface area (Å²) in [6.45, 7) is 6.29. The molecule has 0 fully saturated rings. The van der Waals surface area contributed by atoms with Gasteiger partial charge in [-0.25, -0.2) is 0 Å². The van der Waals surface area contributed by atoms with Crippen molar-refractivity contribution in [1.29, 1.82) is 0 Å². The van der Waals surface area contributed by atoms with E-state index in [1.54, 1.807) is 25.3 Å². The minimum Gasteiger partial charge on any atom is -0.446 e. The lowest BCUT2D eigenvalue weighted by atomic mass is 10.3. The van der Waals surface area contributed by atoms with Crippen molar-refractivity contribution in [3.63, 3.8) is 0 Å². The molecule has 0 aliphatic carbocycles. The molecule has 0 aliphatic rings. The molecule has 2 aromatic rings.